The number of hydrogen-bond acceptors (Lipinski definition) is 4. The van der Waals surface area contributed by atoms with E-state index < -0.39 is 5.54 Å². The van der Waals surface area contributed by atoms with Gasteiger partial charge in [-0.25, -0.2) is 9.97 Å². The van der Waals surface area contributed by atoms with Gasteiger partial charge in [0, 0.05) is 29.7 Å². The normalized spacial score (nSPS) is 20.2. The maximum absolute atomic E-state index is 11.4. The summed E-state index contributed by atoms with van der Waals surface area (Å²) in [6.45, 7) is 1.56. The number of allylic oxidation sites excluding steroid dienone is 1. The summed E-state index contributed by atoms with van der Waals surface area (Å²) in [5.41, 5.74) is 2.00. The minimum absolute atomic E-state index is 0.0547. The second kappa shape index (κ2) is 4.81. The summed E-state index contributed by atoms with van der Waals surface area (Å²) < 4.78 is 0. The standard InChI is InChI=1S/C16H13N3O/c1-12(20)13-3-5-14(6-4-13)16(7-2-8-19-16)15-9-17-11-18-10-15/h2-11H,1H3. The number of carbonyl (C=O) groups is 1. The molecule has 0 N–H and O–H groups in total. The van der Waals surface area contributed by atoms with Crippen LogP contribution in [0.15, 0.2) is 60.1 Å². The van der Waals surface area contributed by atoms with E-state index in [2.05, 4.69) is 15.0 Å². The molecule has 0 spiro atoms. The zero-order valence-electron chi connectivity index (χ0n) is 11.0. The van der Waals surface area contributed by atoms with Gasteiger partial charge in [0.15, 0.2) is 5.78 Å². The van der Waals surface area contributed by atoms with Crippen molar-refractivity contribution in [1.29, 1.82) is 0 Å². The van der Waals surface area contributed by atoms with Crippen LogP contribution in [0.3, 0.4) is 0 Å². The van der Waals surface area contributed by atoms with Crippen LogP contribution in [0, 0.1) is 0 Å². The van der Waals surface area contributed by atoms with Crippen molar-refractivity contribution in [1.82, 2.24) is 9.97 Å². The van der Waals surface area contributed by atoms with Gasteiger partial charge in [-0.2, -0.15) is 0 Å². The monoisotopic (exact) mass is 263 g/mol. The first-order chi connectivity index (χ1) is 9.72. The second-order valence-electron chi connectivity index (χ2n) is 4.66. The summed E-state index contributed by atoms with van der Waals surface area (Å²) in [6.07, 6.45) is 10.7. The van der Waals surface area contributed by atoms with Gasteiger partial charge in [0.25, 0.3) is 0 Å². The zero-order chi connectivity index (χ0) is 14.0. The molecule has 0 amide bonds. The number of rotatable bonds is 3. The van der Waals surface area contributed by atoms with Crippen molar-refractivity contribution in [3.63, 3.8) is 0 Å². The van der Waals surface area contributed by atoms with Crippen LogP contribution in [0.25, 0.3) is 0 Å². The number of aliphatic imine (C=N–C) groups is 1. The van der Waals surface area contributed by atoms with Crippen molar-refractivity contribution in [2.75, 3.05) is 0 Å². The molecule has 0 radical (unpaired) electrons. The predicted molar refractivity (Wildman–Crippen MR) is 76.9 cm³/mol. The largest absolute Gasteiger partial charge is 0.295 e. The Balaban J connectivity index is 2.11. The van der Waals surface area contributed by atoms with Gasteiger partial charge in [-0.1, -0.05) is 24.3 Å². The van der Waals surface area contributed by atoms with Crippen LogP contribution in [0.1, 0.15) is 28.4 Å². The summed E-state index contributed by atoms with van der Waals surface area (Å²) >= 11 is 0. The molecule has 4 heteroatoms. The molecule has 1 aliphatic rings. The van der Waals surface area contributed by atoms with Crippen molar-refractivity contribution in [2.24, 2.45) is 4.99 Å². The minimum Gasteiger partial charge on any atom is -0.295 e. The Morgan fingerprint density at radius 2 is 1.75 bits per heavy atom. The fraction of sp³-hybridized carbons (Fsp3) is 0.125. The van der Waals surface area contributed by atoms with E-state index in [1.54, 1.807) is 25.5 Å². The van der Waals surface area contributed by atoms with Crippen molar-refractivity contribution < 1.29 is 4.79 Å². The minimum atomic E-state index is -0.587. The number of carbonyl (C=O) groups excluding carboxylic acids is 1. The summed E-state index contributed by atoms with van der Waals surface area (Å²) in [7, 11) is 0. The van der Waals surface area contributed by atoms with Crippen molar-refractivity contribution >= 4 is 12.0 Å². The third kappa shape index (κ3) is 1.95. The number of nitrogens with zero attached hydrogens (tertiary/aromatic N) is 3. The Morgan fingerprint density at radius 1 is 1.05 bits per heavy atom. The van der Waals surface area contributed by atoms with E-state index in [0.717, 1.165) is 11.1 Å². The first kappa shape index (κ1) is 12.4. The highest BCUT2D eigenvalue weighted by atomic mass is 16.1. The number of benzene rings is 1. The molecule has 1 aromatic carbocycles. The molecule has 1 aliphatic heterocycles. The van der Waals surface area contributed by atoms with E-state index in [9.17, 15) is 4.79 Å². The molecule has 0 fully saturated rings. The molecule has 0 saturated heterocycles. The third-order valence-corrected chi connectivity index (χ3v) is 3.43. The van der Waals surface area contributed by atoms with E-state index in [0.29, 0.717) is 5.56 Å². The molecule has 4 nitrogen and oxygen atoms in total. The number of hydrogen-bond donors (Lipinski definition) is 0. The van der Waals surface area contributed by atoms with Crippen LogP contribution in [-0.2, 0) is 5.54 Å². The molecular formula is C16H13N3O. The highest BCUT2D eigenvalue weighted by Crippen LogP contribution is 2.36. The van der Waals surface area contributed by atoms with Gasteiger partial charge in [0.1, 0.15) is 11.9 Å². The van der Waals surface area contributed by atoms with E-state index in [1.165, 1.54) is 6.33 Å². The number of Topliss-reactive ketones (excluding diaryl/α,β-unsaturated/α-hetero) is 1. The van der Waals surface area contributed by atoms with E-state index >= 15 is 0 Å². The molecule has 3 rings (SSSR count). The molecule has 0 saturated carbocycles. The molecule has 1 unspecified atom stereocenters. The fourth-order valence-corrected chi connectivity index (χ4v) is 2.35. The Hall–Kier alpha value is -2.62. The lowest BCUT2D eigenvalue weighted by Gasteiger charge is -2.24. The molecule has 1 aromatic heterocycles. The topological polar surface area (TPSA) is 55.2 Å². The first-order valence-corrected chi connectivity index (χ1v) is 6.32. The van der Waals surface area contributed by atoms with Crippen LogP contribution < -0.4 is 0 Å². The van der Waals surface area contributed by atoms with Crippen LogP contribution in [-0.4, -0.2) is 22.0 Å². The molecular weight excluding hydrogens is 250 g/mol. The summed E-state index contributed by atoms with van der Waals surface area (Å²) in [5, 5.41) is 0. The summed E-state index contributed by atoms with van der Waals surface area (Å²) in [6, 6.07) is 7.50. The van der Waals surface area contributed by atoms with E-state index in [1.807, 2.05) is 36.4 Å². The van der Waals surface area contributed by atoms with Gasteiger partial charge in [-0.05, 0) is 24.6 Å². The molecule has 98 valence electrons. The van der Waals surface area contributed by atoms with Crippen LogP contribution in [0.2, 0.25) is 0 Å². The van der Waals surface area contributed by atoms with Crippen LogP contribution in [0.5, 0.6) is 0 Å². The van der Waals surface area contributed by atoms with E-state index in [4.69, 9.17) is 0 Å². The molecule has 2 aromatic rings. The van der Waals surface area contributed by atoms with Gasteiger partial charge in [0.2, 0.25) is 0 Å². The lowest BCUT2D eigenvalue weighted by atomic mass is 9.85. The van der Waals surface area contributed by atoms with Gasteiger partial charge in [-0.3, -0.25) is 9.79 Å². The molecule has 0 aliphatic carbocycles. The average Bonchev–Trinajstić information content (AvgIpc) is 2.99. The maximum atomic E-state index is 11.4. The molecule has 2 heterocycles. The van der Waals surface area contributed by atoms with Crippen molar-refractivity contribution in [3.8, 4) is 0 Å². The lowest BCUT2D eigenvalue weighted by Crippen LogP contribution is -2.21. The highest BCUT2D eigenvalue weighted by Gasteiger charge is 2.33. The first-order valence-electron chi connectivity index (χ1n) is 6.32. The zero-order valence-corrected chi connectivity index (χ0v) is 11.0. The molecule has 0 bridgehead atoms. The molecule has 1 atom stereocenters. The third-order valence-electron chi connectivity index (χ3n) is 3.43. The van der Waals surface area contributed by atoms with Crippen LogP contribution in [0.4, 0.5) is 0 Å². The quantitative estimate of drug-likeness (QED) is 0.800. The SMILES string of the molecule is CC(=O)c1ccc(C2(c3cncnc3)C=CC=N2)cc1. The maximum Gasteiger partial charge on any atom is 0.159 e. The van der Waals surface area contributed by atoms with Gasteiger partial charge < -0.3 is 0 Å². The number of aromatic nitrogens is 2. The fourth-order valence-electron chi connectivity index (χ4n) is 2.35. The number of ketones is 1. The Labute approximate surface area is 116 Å². The lowest BCUT2D eigenvalue weighted by molar-refractivity contribution is 0.101. The highest BCUT2D eigenvalue weighted by molar-refractivity contribution is 5.94. The average molecular weight is 263 g/mol. The van der Waals surface area contributed by atoms with Gasteiger partial charge >= 0.3 is 0 Å². The van der Waals surface area contributed by atoms with Gasteiger partial charge in [0.05, 0.1) is 0 Å². The summed E-state index contributed by atoms with van der Waals surface area (Å²) in [4.78, 5) is 24.1. The van der Waals surface area contributed by atoms with Crippen LogP contribution >= 0.6 is 0 Å². The Morgan fingerprint density at radius 3 is 2.30 bits per heavy atom. The smallest absolute Gasteiger partial charge is 0.159 e. The van der Waals surface area contributed by atoms with Crippen molar-refractivity contribution in [2.45, 2.75) is 12.5 Å². The predicted octanol–water partition coefficient (Wildman–Crippen LogP) is 2.56. The van der Waals surface area contributed by atoms with Gasteiger partial charge in [-0.15, -0.1) is 0 Å². The Kier molecular flexibility index (Phi) is 2.99. The second-order valence-corrected chi connectivity index (χ2v) is 4.66. The van der Waals surface area contributed by atoms with E-state index in [-0.39, 0.29) is 5.78 Å². The van der Waals surface area contributed by atoms with Crippen molar-refractivity contribution in [3.05, 3.63) is 71.8 Å². The summed E-state index contributed by atoms with van der Waals surface area (Å²) in [5.74, 6) is 0.0547. The Bertz CT molecular complexity index is 675. The molecule has 20 heavy (non-hydrogen) atoms.